The number of hydrogen-bond donors (Lipinski definition) is 2. The lowest BCUT2D eigenvalue weighted by Crippen LogP contribution is -2.13. The number of nitrogens with two attached hydrogens (primary N) is 1. The Bertz CT molecular complexity index is 774. The van der Waals surface area contributed by atoms with Gasteiger partial charge >= 0.3 is 0 Å². The third-order valence-corrected chi connectivity index (χ3v) is 4.60. The first-order valence-corrected chi connectivity index (χ1v) is 9.14. The first kappa shape index (κ1) is 16.9. The Morgan fingerprint density at radius 1 is 1.14 bits per heavy atom. The highest BCUT2D eigenvalue weighted by Gasteiger charge is 2.08. The molecule has 3 N–H and O–H groups in total. The summed E-state index contributed by atoms with van der Waals surface area (Å²) in [5.41, 5.74) is 1.65. The van der Waals surface area contributed by atoms with Crippen LogP contribution in [0.3, 0.4) is 0 Å². The third-order valence-electron chi connectivity index (χ3n) is 3.00. The van der Waals surface area contributed by atoms with E-state index in [1.807, 2.05) is 24.3 Å². The van der Waals surface area contributed by atoms with Gasteiger partial charge in [-0.25, -0.2) is 13.6 Å². The highest BCUT2D eigenvalue weighted by molar-refractivity contribution is 14.1. The van der Waals surface area contributed by atoms with E-state index in [9.17, 15) is 13.2 Å². The van der Waals surface area contributed by atoms with Gasteiger partial charge in [0, 0.05) is 15.7 Å². The van der Waals surface area contributed by atoms with Gasteiger partial charge in [0.25, 0.3) is 0 Å². The second-order valence-corrected chi connectivity index (χ2v) is 7.55. The molecule has 2 aromatic rings. The highest BCUT2D eigenvalue weighted by Crippen LogP contribution is 2.14. The third kappa shape index (κ3) is 5.08. The fourth-order valence-corrected chi connectivity index (χ4v) is 2.95. The van der Waals surface area contributed by atoms with Gasteiger partial charge in [-0.2, -0.15) is 0 Å². The lowest BCUT2D eigenvalue weighted by atomic mass is 10.1. The number of sulfonamides is 1. The van der Waals surface area contributed by atoms with E-state index in [0.29, 0.717) is 12.8 Å². The van der Waals surface area contributed by atoms with Gasteiger partial charge in [0.2, 0.25) is 15.9 Å². The Kier molecular flexibility index (Phi) is 5.54. The lowest BCUT2D eigenvalue weighted by Gasteiger charge is -2.06. The zero-order chi connectivity index (χ0) is 16.2. The molecular formula is C15H15IN2O3S. The fourth-order valence-electron chi connectivity index (χ4n) is 1.89. The van der Waals surface area contributed by atoms with Crippen molar-refractivity contribution in [3.8, 4) is 0 Å². The zero-order valence-electron chi connectivity index (χ0n) is 11.6. The zero-order valence-corrected chi connectivity index (χ0v) is 14.6. The molecule has 7 heteroatoms. The molecule has 0 heterocycles. The highest BCUT2D eigenvalue weighted by atomic mass is 127. The molecular weight excluding hydrogens is 415 g/mol. The molecule has 0 spiro atoms. The van der Waals surface area contributed by atoms with Crippen LogP contribution in [-0.2, 0) is 21.2 Å². The van der Waals surface area contributed by atoms with Crippen LogP contribution >= 0.6 is 22.6 Å². The summed E-state index contributed by atoms with van der Waals surface area (Å²) < 4.78 is 23.4. The molecule has 0 radical (unpaired) electrons. The summed E-state index contributed by atoms with van der Waals surface area (Å²) in [6.45, 7) is 0. The van der Waals surface area contributed by atoms with Gasteiger partial charge in [-0.05, 0) is 64.9 Å². The van der Waals surface area contributed by atoms with Gasteiger partial charge in [-0.1, -0.05) is 18.2 Å². The average molecular weight is 430 g/mol. The van der Waals surface area contributed by atoms with E-state index in [1.54, 1.807) is 12.1 Å². The Morgan fingerprint density at radius 3 is 2.41 bits per heavy atom. The molecule has 0 aliphatic rings. The van der Waals surface area contributed by atoms with Gasteiger partial charge in [0.05, 0.1) is 4.90 Å². The minimum absolute atomic E-state index is 0.0690. The predicted molar refractivity (Wildman–Crippen MR) is 93.9 cm³/mol. The Labute approximate surface area is 143 Å². The number of carbonyl (C=O) groups excluding carboxylic acids is 1. The topological polar surface area (TPSA) is 89.3 Å². The normalized spacial score (nSPS) is 11.2. The van der Waals surface area contributed by atoms with Crippen molar-refractivity contribution >= 4 is 44.2 Å². The minimum Gasteiger partial charge on any atom is -0.326 e. The summed E-state index contributed by atoms with van der Waals surface area (Å²) in [4.78, 5) is 12.0. The molecule has 0 unspecified atom stereocenters. The van der Waals surface area contributed by atoms with Crippen LogP contribution < -0.4 is 10.5 Å². The maximum absolute atomic E-state index is 11.9. The predicted octanol–water partition coefficient (Wildman–Crippen LogP) is 2.51. The van der Waals surface area contributed by atoms with Crippen LogP contribution in [-0.4, -0.2) is 14.3 Å². The number of halogens is 1. The summed E-state index contributed by atoms with van der Waals surface area (Å²) in [5, 5.41) is 7.86. The van der Waals surface area contributed by atoms with Crippen LogP contribution in [0.25, 0.3) is 0 Å². The monoisotopic (exact) mass is 430 g/mol. The van der Waals surface area contributed by atoms with Crippen molar-refractivity contribution in [2.24, 2.45) is 5.14 Å². The van der Waals surface area contributed by atoms with Gasteiger partial charge in [-0.15, -0.1) is 0 Å². The summed E-state index contributed by atoms with van der Waals surface area (Å²) >= 11 is 2.18. The molecule has 5 nitrogen and oxygen atoms in total. The van der Waals surface area contributed by atoms with Crippen molar-refractivity contribution in [1.29, 1.82) is 0 Å². The fraction of sp³-hybridized carbons (Fsp3) is 0.133. The molecule has 2 aromatic carbocycles. The van der Waals surface area contributed by atoms with Crippen molar-refractivity contribution in [3.63, 3.8) is 0 Å². The standard InChI is InChI=1S/C15H15IN2O3S/c16-12-2-1-3-13(10-12)18-15(19)9-6-11-4-7-14(8-5-11)22(17,20)21/h1-5,7-8,10H,6,9H2,(H,18,19)(H2,17,20,21). The summed E-state index contributed by atoms with van der Waals surface area (Å²) in [5.74, 6) is -0.0856. The van der Waals surface area contributed by atoms with E-state index in [1.165, 1.54) is 12.1 Å². The van der Waals surface area contributed by atoms with Crippen LogP contribution in [0.4, 0.5) is 5.69 Å². The van der Waals surface area contributed by atoms with Crippen LogP contribution in [0.1, 0.15) is 12.0 Å². The average Bonchev–Trinajstić information content (AvgIpc) is 2.45. The van der Waals surface area contributed by atoms with Crippen LogP contribution in [0.2, 0.25) is 0 Å². The van der Waals surface area contributed by atoms with Gasteiger partial charge in [0.1, 0.15) is 0 Å². The first-order valence-electron chi connectivity index (χ1n) is 6.52. The number of benzene rings is 2. The van der Waals surface area contributed by atoms with Crippen LogP contribution in [0, 0.1) is 3.57 Å². The van der Waals surface area contributed by atoms with Gasteiger partial charge in [-0.3, -0.25) is 4.79 Å². The molecule has 116 valence electrons. The number of primary sulfonamides is 1. The van der Waals surface area contributed by atoms with E-state index >= 15 is 0 Å². The number of hydrogen-bond acceptors (Lipinski definition) is 3. The van der Waals surface area contributed by atoms with E-state index in [2.05, 4.69) is 27.9 Å². The first-order chi connectivity index (χ1) is 10.3. The van der Waals surface area contributed by atoms with Gasteiger partial charge in [0.15, 0.2) is 0 Å². The second-order valence-electron chi connectivity index (χ2n) is 4.75. The largest absolute Gasteiger partial charge is 0.326 e. The molecule has 0 saturated heterocycles. The summed E-state index contributed by atoms with van der Waals surface area (Å²) in [6.07, 6.45) is 0.848. The molecule has 0 aromatic heterocycles. The van der Waals surface area contributed by atoms with Crippen molar-refractivity contribution in [2.45, 2.75) is 17.7 Å². The maximum Gasteiger partial charge on any atom is 0.238 e. The molecule has 1 amide bonds. The number of nitrogens with one attached hydrogen (secondary N) is 1. The molecule has 22 heavy (non-hydrogen) atoms. The Balaban J connectivity index is 1.91. The van der Waals surface area contributed by atoms with E-state index in [4.69, 9.17) is 5.14 Å². The van der Waals surface area contributed by atoms with E-state index < -0.39 is 10.0 Å². The van der Waals surface area contributed by atoms with E-state index in [0.717, 1.165) is 14.8 Å². The maximum atomic E-state index is 11.9. The van der Waals surface area contributed by atoms with Crippen molar-refractivity contribution in [1.82, 2.24) is 0 Å². The number of aryl methyl sites for hydroxylation is 1. The number of anilines is 1. The van der Waals surface area contributed by atoms with Crippen LogP contribution in [0.15, 0.2) is 53.4 Å². The van der Waals surface area contributed by atoms with Crippen LogP contribution in [0.5, 0.6) is 0 Å². The number of rotatable bonds is 5. The quantitative estimate of drug-likeness (QED) is 0.715. The SMILES string of the molecule is NS(=O)(=O)c1ccc(CCC(=O)Nc2cccc(I)c2)cc1. The smallest absolute Gasteiger partial charge is 0.238 e. The van der Waals surface area contributed by atoms with Gasteiger partial charge < -0.3 is 5.32 Å². The Hall–Kier alpha value is -1.45. The molecule has 0 saturated carbocycles. The molecule has 0 aliphatic carbocycles. The minimum atomic E-state index is -3.68. The summed E-state index contributed by atoms with van der Waals surface area (Å²) in [6, 6.07) is 13.8. The number of amides is 1. The summed E-state index contributed by atoms with van der Waals surface area (Å²) in [7, 11) is -3.68. The number of carbonyl (C=O) groups is 1. The van der Waals surface area contributed by atoms with E-state index in [-0.39, 0.29) is 10.8 Å². The molecule has 2 rings (SSSR count). The van der Waals surface area contributed by atoms with Crippen molar-refractivity contribution < 1.29 is 13.2 Å². The molecule has 0 aliphatic heterocycles. The molecule has 0 fully saturated rings. The lowest BCUT2D eigenvalue weighted by molar-refractivity contribution is -0.116. The second kappa shape index (κ2) is 7.21. The molecule has 0 bridgehead atoms. The Morgan fingerprint density at radius 2 is 1.82 bits per heavy atom. The van der Waals surface area contributed by atoms with Crippen molar-refractivity contribution in [2.75, 3.05) is 5.32 Å². The molecule has 0 atom stereocenters. The van der Waals surface area contributed by atoms with Crippen molar-refractivity contribution in [3.05, 3.63) is 57.7 Å².